The Bertz CT molecular complexity index is 439. The largest absolute Gasteiger partial charge is 0.312 e. The maximum Gasteiger partial charge on any atom is 0.123 e. The molecule has 1 aliphatic carbocycles. The number of likely N-dealkylation sites (tertiary alicyclic amines) is 1. The molecule has 1 heterocycles. The van der Waals surface area contributed by atoms with E-state index in [2.05, 4.69) is 17.3 Å². The summed E-state index contributed by atoms with van der Waals surface area (Å²) in [5, 5.41) is 3.79. The number of nitrogens with zero attached hydrogens (tertiary/aromatic N) is 1. The molecule has 2 fully saturated rings. The molecular formula is C18H27FN2. The van der Waals surface area contributed by atoms with Crippen molar-refractivity contribution in [1.29, 1.82) is 0 Å². The summed E-state index contributed by atoms with van der Waals surface area (Å²) in [6.07, 6.45) is 6.79. The predicted molar refractivity (Wildman–Crippen MR) is 85.0 cm³/mol. The lowest BCUT2D eigenvalue weighted by Crippen LogP contribution is -2.47. The molecule has 0 amide bonds. The number of likely N-dealkylation sites (N-methyl/N-ethyl adjacent to an activating group) is 1. The van der Waals surface area contributed by atoms with Gasteiger partial charge in [-0.05, 0) is 62.4 Å². The minimum absolute atomic E-state index is 0.140. The molecule has 116 valence electrons. The number of rotatable bonds is 4. The first kappa shape index (κ1) is 15.0. The molecule has 1 saturated heterocycles. The van der Waals surface area contributed by atoms with Crippen molar-refractivity contribution in [1.82, 2.24) is 10.2 Å². The topological polar surface area (TPSA) is 15.3 Å². The summed E-state index contributed by atoms with van der Waals surface area (Å²) in [5.74, 6) is 1.27. The van der Waals surface area contributed by atoms with E-state index in [1.165, 1.54) is 44.2 Å². The van der Waals surface area contributed by atoms with E-state index in [0.717, 1.165) is 19.0 Å². The lowest BCUT2D eigenvalue weighted by atomic mass is 9.88. The number of nitrogens with one attached hydrogen (secondary N) is 1. The van der Waals surface area contributed by atoms with E-state index >= 15 is 0 Å². The molecule has 0 radical (unpaired) electrons. The summed E-state index contributed by atoms with van der Waals surface area (Å²) in [6.45, 7) is 3.38. The van der Waals surface area contributed by atoms with Gasteiger partial charge in [0.05, 0.1) is 0 Å². The van der Waals surface area contributed by atoms with Crippen LogP contribution in [0.25, 0.3) is 0 Å². The Morgan fingerprint density at radius 1 is 1.14 bits per heavy atom. The van der Waals surface area contributed by atoms with Gasteiger partial charge < -0.3 is 10.2 Å². The zero-order chi connectivity index (χ0) is 14.7. The van der Waals surface area contributed by atoms with Crippen molar-refractivity contribution in [3.63, 3.8) is 0 Å². The quantitative estimate of drug-likeness (QED) is 0.914. The fourth-order valence-electron chi connectivity index (χ4n) is 3.99. The summed E-state index contributed by atoms with van der Waals surface area (Å²) < 4.78 is 13.1. The highest BCUT2D eigenvalue weighted by atomic mass is 19.1. The first-order valence-electron chi connectivity index (χ1n) is 8.38. The third-order valence-corrected chi connectivity index (χ3v) is 5.14. The van der Waals surface area contributed by atoms with Gasteiger partial charge in [0.2, 0.25) is 0 Å². The molecule has 21 heavy (non-hydrogen) atoms. The number of hydrogen-bond acceptors (Lipinski definition) is 2. The van der Waals surface area contributed by atoms with Gasteiger partial charge in [-0.1, -0.05) is 25.0 Å². The molecule has 2 aliphatic rings. The van der Waals surface area contributed by atoms with Crippen molar-refractivity contribution in [2.45, 2.75) is 44.1 Å². The van der Waals surface area contributed by atoms with Crippen LogP contribution < -0.4 is 5.32 Å². The van der Waals surface area contributed by atoms with E-state index in [0.29, 0.717) is 12.0 Å². The number of benzene rings is 1. The van der Waals surface area contributed by atoms with Gasteiger partial charge in [0.15, 0.2) is 0 Å². The Hall–Kier alpha value is -0.930. The zero-order valence-corrected chi connectivity index (χ0v) is 13.0. The van der Waals surface area contributed by atoms with Crippen LogP contribution in [0.1, 0.15) is 43.6 Å². The predicted octanol–water partition coefficient (Wildman–Crippen LogP) is 3.39. The Morgan fingerprint density at radius 2 is 1.86 bits per heavy atom. The first-order valence-corrected chi connectivity index (χ1v) is 8.38. The van der Waals surface area contributed by atoms with Gasteiger partial charge in [0.1, 0.15) is 5.82 Å². The normalized spacial score (nSPS) is 28.1. The van der Waals surface area contributed by atoms with Crippen LogP contribution in [0.5, 0.6) is 0 Å². The van der Waals surface area contributed by atoms with Crippen molar-refractivity contribution in [2.24, 2.45) is 5.92 Å². The molecule has 1 aliphatic heterocycles. The molecule has 1 saturated carbocycles. The van der Waals surface area contributed by atoms with Crippen molar-refractivity contribution in [3.8, 4) is 0 Å². The molecular weight excluding hydrogens is 263 g/mol. The Balaban J connectivity index is 1.57. The number of halogens is 1. The molecule has 1 aromatic rings. The van der Waals surface area contributed by atoms with Crippen molar-refractivity contribution >= 4 is 0 Å². The maximum absolute atomic E-state index is 13.1. The molecule has 2 unspecified atom stereocenters. The Kier molecular flexibility index (Phi) is 4.91. The van der Waals surface area contributed by atoms with E-state index < -0.39 is 0 Å². The summed E-state index contributed by atoms with van der Waals surface area (Å²) in [7, 11) is 2.19. The van der Waals surface area contributed by atoms with Crippen molar-refractivity contribution in [2.75, 3.05) is 26.7 Å². The highest BCUT2D eigenvalue weighted by Gasteiger charge is 2.27. The van der Waals surface area contributed by atoms with Gasteiger partial charge in [0.25, 0.3) is 0 Å². The van der Waals surface area contributed by atoms with Gasteiger partial charge in [-0.25, -0.2) is 4.39 Å². The van der Waals surface area contributed by atoms with Crippen LogP contribution in [0, 0.1) is 11.7 Å². The van der Waals surface area contributed by atoms with Crippen LogP contribution in [-0.2, 0) is 0 Å². The summed E-state index contributed by atoms with van der Waals surface area (Å²) in [4.78, 5) is 2.41. The van der Waals surface area contributed by atoms with Crippen LogP contribution >= 0.6 is 0 Å². The second-order valence-electron chi connectivity index (χ2n) is 6.96. The molecule has 2 nitrogen and oxygen atoms in total. The SMILES string of the molecule is CN1CC(NCC2CCCC2)CC(c2ccc(F)cc2)C1. The van der Waals surface area contributed by atoms with E-state index in [-0.39, 0.29) is 5.82 Å². The molecule has 0 bridgehead atoms. The average Bonchev–Trinajstić information content (AvgIpc) is 2.99. The van der Waals surface area contributed by atoms with E-state index in [1.807, 2.05) is 12.1 Å². The van der Waals surface area contributed by atoms with Crippen molar-refractivity contribution < 1.29 is 4.39 Å². The standard InChI is InChI=1S/C18H27FN2/c1-21-12-16(15-6-8-17(19)9-7-15)10-18(13-21)20-11-14-4-2-3-5-14/h6-9,14,16,18,20H,2-5,10-13H2,1H3. The van der Waals surface area contributed by atoms with Crippen LogP contribution in [-0.4, -0.2) is 37.6 Å². The lowest BCUT2D eigenvalue weighted by Gasteiger charge is -2.37. The van der Waals surface area contributed by atoms with Crippen LogP contribution in [0.4, 0.5) is 4.39 Å². The Morgan fingerprint density at radius 3 is 2.57 bits per heavy atom. The molecule has 1 aromatic carbocycles. The third-order valence-electron chi connectivity index (χ3n) is 5.14. The van der Waals surface area contributed by atoms with Crippen LogP contribution in [0.15, 0.2) is 24.3 Å². The van der Waals surface area contributed by atoms with E-state index in [1.54, 1.807) is 12.1 Å². The Labute approximate surface area is 127 Å². The maximum atomic E-state index is 13.1. The highest BCUT2D eigenvalue weighted by molar-refractivity contribution is 5.22. The molecule has 1 N–H and O–H groups in total. The van der Waals surface area contributed by atoms with Gasteiger partial charge in [-0.3, -0.25) is 0 Å². The minimum atomic E-state index is -0.140. The zero-order valence-electron chi connectivity index (χ0n) is 13.0. The third kappa shape index (κ3) is 4.04. The molecule has 3 heteroatoms. The van der Waals surface area contributed by atoms with Crippen LogP contribution in [0.2, 0.25) is 0 Å². The monoisotopic (exact) mass is 290 g/mol. The molecule has 0 aromatic heterocycles. The molecule has 2 atom stereocenters. The second-order valence-corrected chi connectivity index (χ2v) is 6.96. The molecule has 3 rings (SSSR count). The smallest absolute Gasteiger partial charge is 0.123 e. The lowest BCUT2D eigenvalue weighted by molar-refractivity contribution is 0.200. The fourth-order valence-corrected chi connectivity index (χ4v) is 3.99. The van der Waals surface area contributed by atoms with E-state index in [9.17, 15) is 4.39 Å². The van der Waals surface area contributed by atoms with Gasteiger partial charge in [-0.15, -0.1) is 0 Å². The first-order chi connectivity index (χ1) is 10.2. The van der Waals surface area contributed by atoms with Gasteiger partial charge >= 0.3 is 0 Å². The number of piperidine rings is 1. The number of hydrogen-bond donors (Lipinski definition) is 1. The summed E-state index contributed by atoms with van der Waals surface area (Å²) >= 11 is 0. The minimum Gasteiger partial charge on any atom is -0.312 e. The highest BCUT2D eigenvalue weighted by Crippen LogP contribution is 2.28. The van der Waals surface area contributed by atoms with E-state index in [4.69, 9.17) is 0 Å². The second kappa shape index (κ2) is 6.89. The molecule has 0 spiro atoms. The van der Waals surface area contributed by atoms with Gasteiger partial charge in [-0.2, -0.15) is 0 Å². The summed E-state index contributed by atoms with van der Waals surface area (Å²) in [5.41, 5.74) is 1.27. The fraction of sp³-hybridized carbons (Fsp3) is 0.667. The van der Waals surface area contributed by atoms with Crippen molar-refractivity contribution in [3.05, 3.63) is 35.6 Å². The average molecular weight is 290 g/mol. The van der Waals surface area contributed by atoms with Crippen LogP contribution in [0.3, 0.4) is 0 Å². The summed E-state index contributed by atoms with van der Waals surface area (Å²) in [6, 6.07) is 7.65. The van der Waals surface area contributed by atoms with Gasteiger partial charge in [0, 0.05) is 19.1 Å².